The van der Waals surface area contributed by atoms with Gasteiger partial charge in [0.15, 0.2) is 0 Å². The van der Waals surface area contributed by atoms with E-state index in [9.17, 15) is 4.79 Å². The number of aromatic nitrogens is 2. The van der Waals surface area contributed by atoms with Crippen LogP contribution in [0, 0.1) is 0 Å². The predicted octanol–water partition coefficient (Wildman–Crippen LogP) is 0.485. The van der Waals surface area contributed by atoms with E-state index < -0.39 is 0 Å². The van der Waals surface area contributed by atoms with Gasteiger partial charge < -0.3 is 10.1 Å². The molecular formula is C8H11N3O2. The van der Waals surface area contributed by atoms with Crippen molar-refractivity contribution in [3.63, 3.8) is 0 Å². The second-order valence-corrected chi connectivity index (χ2v) is 2.90. The minimum atomic E-state index is -0.337. The average molecular weight is 181 g/mol. The van der Waals surface area contributed by atoms with Crippen molar-refractivity contribution in [3.8, 4) is 0 Å². The molecule has 5 nitrogen and oxygen atoms in total. The van der Waals surface area contributed by atoms with Gasteiger partial charge in [-0.15, -0.1) is 0 Å². The third-order valence-electron chi connectivity index (χ3n) is 2.08. The van der Waals surface area contributed by atoms with Crippen LogP contribution in [0.4, 0.5) is 5.82 Å². The Hall–Kier alpha value is -1.52. The zero-order chi connectivity index (χ0) is 9.26. The first-order valence-corrected chi connectivity index (χ1v) is 4.21. The number of ether oxygens (including phenoxy) is 1. The monoisotopic (exact) mass is 181 g/mol. The molecule has 0 unspecified atom stereocenters. The number of anilines is 1. The summed E-state index contributed by atoms with van der Waals surface area (Å²) in [6.45, 7) is 1.75. The Labute approximate surface area is 75.7 Å². The Bertz CT molecular complexity index is 332. The van der Waals surface area contributed by atoms with Gasteiger partial charge in [0.05, 0.1) is 13.3 Å². The lowest BCUT2D eigenvalue weighted by molar-refractivity contribution is 0.0601. The lowest BCUT2D eigenvalue weighted by atomic mass is 10.3. The van der Waals surface area contributed by atoms with Crippen LogP contribution in [-0.4, -0.2) is 29.4 Å². The number of nitrogens with one attached hydrogen (secondary N) is 1. The molecule has 0 fully saturated rings. The molecule has 0 atom stereocenters. The standard InChI is InChI=1S/C8H11N3O2/c1-13-8(12)6-5-10-11-4-2-3-9-7(6)11/h5,9H,2-4H2,1H3. The van der Waals surface area contributed by atoms with Crippen molar-refractivity contribution >= 4 is 11.8 Å². The van der Waals surface area contributed by atoms with Gasteiger partial charge in [-0.25, -0.2) is 9.48 Å². The Morgan fingerprint density at radius 1 is 1.77 bits per heavy atom. The van der Waals surface area contributed by atoms with Crippen LogP contribution >= 0.6 is 0 Å². The Kier molecular flexibility index (Phi) is 1.92. The van der Waals surface area contributed by atoms with E-state index in [0.29, 0.717) is 5.56 Å². The molecule has 0 saturated carbocycles. The van der Waals surface area contributed by atoms with Crippen molar-refractivity contribution in [1.82, 2.24) is 9.78 Å². The van der Waals surface area contributed by atoms with Crippen LogP contribution in [0.5, 0.6) is 0 Å². The molecule has 0 spiro atoms. The fourth-order valence-corrected chi connectivity index (χ4v) is 1.44. The van der Waals surface area contributed by atoms with Crippen molar-refractivity contribution in [3.05, 3.63) is 11.8 Å². The van der Waals surface area contributed by atoms with Gasteiger partial charge in [-0.2, -0.15) is 5.10 Å². The van der Waals surface area contributed by atoms with E-state index in [2.05, 4.69) is 15.2 Å². The molecule has 2 rings (SSSR count). The molecule has 0 aliphatic carbocycles. The summed E-state index contributed by atoms with van der Waals surface area (Å²) < 4.78 is 6.42. The molecule has 1 aromatic rings. The number of carbonyl (C=O) groups is 1. The van der Waals surface area contributed by atoms with E-state index >= 15 is 0 Å². The number of rotatable bonds is 1. The van der Waals surface area contributed by atoms with Crippen LogP contribution in [0.2, 0.25) is 0 Å². The summed E-state index contributed by atoms with van der Waals surface area (Å²) in [6, 6.07) is 0. The largest absolute Gasteiger partial charge is 0.465 e. The molecule has 2 heterocycles. The molecule has 70 valence electrons. The minimum absolute atomic E-state index is 0.337. The van der Waals surface area contributed by atoms with Crippen molar-refractivity contribution < 1.29 is 9.53 Å². The van der Waals surface area contributed by atoms with Gasteiger partial charge in [-0.3, -0.25) is 0 Å². The molecule has 0 saturated heterocycles. The van der Waals surface area contributed by atoms with Gasteiger partial charge in [0, 0.05) is 13.1 Å². The second kappa shape index (κ2) is 3.08. The normalized spacial score (nSPS) is 14.5. The molecule has 5 heteroatoms. The second-order valence-electron chi connectivity index (χ2n) is 2.90. The molecule has 1 N–H and O–H groups in total. The van der Waals surface area contributed by atoms with Crippen LogP contribution < -0.4 is 5.32 Å². The molecular weight excluding hydrogens is 170 g/mol. The van der Waals surface area contributed by atoms with E-state index in [1.165, 1.54) is 7.11 Å². The maximum Gasteiger partial charge on any atom is 0.343 e. The Balaban J connectivity index is 2.36. The van der Waals surface area contributed by atoms with Gasteiger partial charge in [-0.1, -0.05) is 0 Å². The summed E-state index contributed by atoms with van der Waals surface area (Å²) in [5.41, 5.74) is 0.516. The zero-order valence-corrected chi connectivity index (χ0v) is 7.41. The number of hydrogen-bond donors (Lipinski definition) is 1. The van der Waals surface area contributed by atoms with Crippen LogP contribution in [-0.2, 0) is 11.3 Å². The highest BCUT2D eigenvalue weighted by atomic mass is 16.5. The van der Waals surface area contributed by atoms with Crippen LogP contribution in [0.3, 0.4) is 0 Å². The number of methoxy groups -OCH3 is 1. The summed E-state index contributed by atoms with van der Waals surface area (Å²) in [4.78, 5) is 11.2. The van der Waals surface area contributed by atoms with Gasteiger partial charge in [0.1, 0.15) is 11.4 Å². The van der Waals surface area contributed by atoms with E-state index in [1.54, 1.807) is 10.9 Å². The van der Waals surface area contributed by atoms with Gasteiger partial charge in [-0.05, 0) is 6.42 Å². The van der Waals surface area contributed by atoms with Crippen molar-refractivity contribution in [1.29, 1.82) is 0 Å². The number of carbonyl (C=O) groups excluding carboxylic acids is 1. The molecule has 0 aromatic carbocycles. The third kappa shape index (κ3) is 1.26. The molecule has 0 amide bonds. The van der Waals surface area contributed by atoms with Crippen molar-refractivity contribution in [2.75, 3.05) is 19.0 Å². The Morgan fingerprint density at radius 2 is 2.62 bits per heavy atom. The first kappa shape index (κ1) is 8.10. The first-order chi connectivity index (χ1) is 6.33. The molecule has 13 heavy (non-hydrogen) atoms. The summed E-state index contributed by atoms with van der Waals surface area (Å²) >= 11 is 0. The maximum absolute atomic E-state index is 11.2. The van der Waals surface area contributed by atoms with E-state index in [0.717, 1.165) is 25.3 Å². The summed E-state index contributed by atoms with van der Waals surface area (Å²) in [6.07, 6.45) is 2.58. The SMILES string of the molecule is COC(=O)c1cnn2c1NCCC2. The highest BCUT2D eigenvalue weighted by molar-refractivity contribution is 5.94. The molecule has 1 aliphatic heterocycles. The first-order valence-electron chi connectivity index (χ1n) is 4.21. The number of nitrogens with zero attached hydrogens (tertiary/aromatic N) is 2. The van der Waals surface area contributed by atoms with Crippen molar-refractivity contribution in [2.24, 2.45) is 0 Å². The number of esters is 1. The van der Waals surface area contributed by atoms with Gasteiger partial charge in [0.2, 0.25) is 0 Å². The third-order valence-corrected chi connectivity index (χ3v) is 2.08. The zero-order valence-electron chi connectivity index (χ0n) is 7.41. The van der Waals surface area contributed by atoms with E-state index in [-0.39, 0.29) is 5.97 Å². The summed E-state index contributed by atoms with van der Waals surface area (Å²) in [5, 5.41) is 7.21. The van der Waals surface area contributed by atoms with Crippen LogP contribution in [0.15, 0.2) is 6.20 Å². The smallest absolute Gasteiger partial charge is 0.343 e. The number of aryl methyl sites for hydroxylation is 1. The molecule has 0 radical (unpaired) electrons. The van der Waals surface area contributed by atoms with Crippen LogP contribution in [0.1, 0.15) is 16.8 Å². The lowest BCUT2D eigenvalue weighted by Gasteiger charge is -2.16. The fourth-order valence-electron chi connectivity index (χ4n) is 1.44. The van der Waals surface area contributed by atoms with E-state index in [1.807, 2.05) is 0 Å². The van der Waals surface area contributed by atoms with Gasteiger partial charge >= 0.3 is 5.97 Å². The quantitative estimate of drug-likeness (QED) is 0.640. The predicted molar refractivity (Wildman–Crippen MR) is 46.7 cm³/mol. The maximum atomic E-state index is 11.2. The van der Waals surface area contributed by atoms with Crippen molar-refractivity contribution in [2.45, 2.75) is 13.0 Å². The molecule has 1 aliphatic rings. The topological polar surface area (TPSA) is 56.1 Å². The molecule has 1 aromatic heterocycles. The summed E-state index contributed by atoms with van der Waals surface area (Å²) in [5.74, 6) is 0.439. The fraction of sp³-hybridized carbons (Fsp3) is 0.500. The average Bonchev–Trinajstić information content (AvgIpc) is 2.60. The highest BCUT2D eigenvalue weighted by Gasteiger charge is 2.19. The lowest BCUT2D eigenvalue weighted by Crippen LogP contribution is -2.19. The van der Waals surface area contributed by atoms with E-state index in [4.69, 9.17) is 0 Å². The highest BCUT2D eigenvalue weighted by Crippen LogP contribution is 2.19. The van der Waals surface area contributed by atoms with Crippen LogP contribution in [0.25, 0.3) is 0 Å². The number of fused-ring (bicyclic) bond motifs is 1. The molecule has 0 bridgehead atoms. The Morgan fingerprint density at radius 3 is 3.38 bits per heavy atom. The number of hydrogen-bond acceptors (Lipinski definition) is 4. The van der Waals surface area contributed by atoms with Gasteiger partial charge in [0.25, 0.3) is 0 Å². The minimum Gasteiger partial charge on any atom is -0.465 e. The summed E-state index contributed by atoms with van der Waals surface area (Å²) in [7, 11) is 1.37.